The van der Waals surface area contributed by atoms with Crippen molar-refractivity contribution in [1.29, 1.82) is 0 Å². The summed E-state index contributed by atoms with van der Waals surface area (Å²) in [5.74, 6) is -0.0419. The predicted octanol–water partition coefficient (Wildman–Crippen LogP) is 2.17. The molecular weight excluding hydrogens is 306 g/mol. The first-order valence-electron chi connectivity index (χ1n) is 6.71. The Kier molecular flexibility index (Phi) is 5.46. The second kappa shape index (κ2) is 7.13. The van der Waals surface area contributed by atoms with Crippen molar-refractivity contribution in [3.63, 3.8) is 0 Å². The lowest BCUT2D eigenvalue weighted by atomic mass is 10.1. The number of thiazole rings is 1. The largest absolute Gasteiger partial charge is 0.326 e. The molecule has 1 aromatic carbocycles. The van der Waals surface area contributed by atoms with Crippen LogP contribution in [-0.2, 0) is 22.3 Å². The minimum atomic E-state index is -3.41. The van der Waals surface area contributed by atoms with Gasteiger partial charge in [-0.1, -0.05) is 31.2 Å². The van der Waals surface area contributed by atoms with Gasteiger partial charge in [-0.15, -0.1) is 11.3 Å². The van der Waals surface area contributed by atoms with Crippen molar-refractivity contribution in [2.24, 2.45) is 5.73 Å². The third-order valence-corrected chi connectivity index (χ3v) is 5.34. The van der Waals surface area contributed by atoms with Crippen LogP contribution >= 0.6 is 11.3 Å². The summed E-state index contributed by atoms with van der Waals surface area (Å²) in [4.78, 5) is 4.18. The van der Waals surface area contributed by atoms with E-state index in [1.54, 1.807) is 18.3 Å². The first kappa shape index (κ1) is 16.1. The number of benzene rings is 1. The molecule has 0 spiro atoms. The lowest BCUT2D eigenvalue weighted by molar-refractivity contribution is 0.548. The van der Waals surface area contributed by atoms with Gasteiger partial charge in [-0.2, -0.15) is 0 Å². The zero-order valence-electron chi connectivity index (χ0n) is 11.8. The topological polar surface area (TPSA) is 85.1 Å². The minimum Gasteiger partial charge on any atom is -0.326 e. The standard InChI is InChI=1S/C14H19N3O2S2/c1-2-13(14-16-7-8-20-14)17-21(18,19)10-12-5-3-11(9-15)4-6-12/h3-8,13,17H,2,9-10,15H2,1H3. The van der Waals surface area contributed by atoms with Crippen LogP contribution in [0, 0.1) is 0 Å². The molecule has 114 valence electrons. The molecule has 0 fully saturated rings. The molecule has 0 saturated carbocycles. The summed E-state index contributed by atoms with van der Waals surface area (Å²) >= 11 is 1.46. The Morgan fingerprint density at radius 3 is 2.48 bits per heavy atom. The molecule has 2 rings (SSSR count). The maximum atomic E-state index is 12.3. The van der Waals surface area contributed by atoms with E-state index in [4.69, 9.17) is 5.73 Å². The highest BCUT2D eigenvalue weighted by Crippen LogP contribution is 2.20. The number of rotatable bonds is 7. The number of hydrogen-bond acceptors (Lipinski definition) is 5. The van der Waals surface area contributed by atoms with E-state index in [-0.39, 0.29) is 11.8 Å². The van der Waals surface area contributed by atoms with Gasteiger partial charge in [0.15, 0.2) is 0 Å². The molecule has 0 amide bonds. The van der Waals surface area contributed by atoms with E-state index in [0.717, 1.165) is 16.1 Å². The van der Waals surface area contributed by atoms with E-state index < -0.39 is 10.0 Å². The maximum absolute atomic E-state index is 12.3. The Bertz CT molecular complexity index is 652. The number of aromatic nitrogens is 1. The predicted molar refractivity (Wildman–Crippen MR) is 85.2 cm³/mol. The lowest BCUT2D eigenvalue weighted by Crippen LogP contribution is -2.29. The molecule has 1 heterocycles. The molecule has 5 nitrogen and oxygen atoms in total. The number of nitrogens with zero attached hydrogens (tertiary/aromatic N) is 1. The fourth-order valence-corrected chi connectivity index (χ4v) is 4.24. The lowest BCUT2D eigenvalue weighted by Gasteiger charge is -2.14. The van der Waals surface area contributed by atoms with Gasteiger partial charge in [0.2, 0.25) is 10.0 Å². The van der Waals surface area contributed by atoms with Crippen molar-refractivity contribution in [2.45, 2.75) is 31.7 Å². The van der Waals surface area contributed by atoms with Crippen LogP contribution in [-0.4, -0.2) is 13.4 Å². The monoisotopic (exact) mass is 325 g/mol. The summed E-state index contributed by atoms with van der Waals surface area (Å²) < 4.78 is 27.2. The summed E-state index contributed by atoms with van der Waals surface area (Å²) in [6.07, 6.45) is 2.35. The summed E-state index contributed by atoms with van der Waals surface area (Å²) in [6.45, 7) is 2.39. The van der Waals surface area contributed by atoms with Gasteiger partial charge >= 0.3 is 0 Å². The van der Waals surface area contributed by atoms with Gasteiger partial charge in [0, 0.05) is 18.1 Å². The Morgan fingerprint density at radius 1 is 1.29 bits per heavy atom. The molecular formula is C14H19N3O2S2. The maximum Gasteiger partial charge on any atom is 0.216 e. The molecule has 3 N–H and O–H groups in total. The van der Waals surface area contributed by atoms with Crippen molar-refractivity contribution in [3.8, 4) is 0 Å². The molecule has 0 aliphatic heterocycles. The fourth-order valence-electron chi connectivity index (χ4n) is 1.96. The molecule has 2 aromatic rings. The summed E-state index contributed by atoms with van der Waals surface area (Å²) in [5, 5.41) is 2.64. The zero-order valence-corrected chi connectivity index (χ0v) is 13.5. The SMILES string of the molecule is CCC(NS(=O)(=O)Cc1ccc(CN)cc1)c1nccs1. The van der Waals surface area contributed by atoms with Gasteiger partial charge in [0.25, 0.3) is 0 Å². The number of hydrogen-bond donors (Lipinski definition) is 2. The molecule has 1 unspecified atom stereocenters. The normalized spacial score (nSPS) is 13.2. The third-order valence-electron chi connectivity index (χ3n) is 3.09. The zero-order chi connectivity index (χ0) is 15.3. The Morgan fingerprint density at radius 2 is 1.95 bits per heavy atom. The average molecular weight is 325 g/mol. The summed E-state index contributed by atoms with van der Waals surface area (Å²) in [6, 6.07) is 7.03. The molecule has 0 bridgehead atoms. The molecule has 1 atom stereocenters. The van der Waals surface area contributed by atoms with E-state index in [1.165, 1.54) is 11.3 Å². The first-order chi connectivity index (χ1) is 10.0. The Labute approximate surface area is 129 Å². The van der Waals surface area contributed by atoms with Gasteiger partial charge in [-0.05, 0) is 17.5 Å². The van der Waals surface area contributed by atoms with Crippen molar-refractivity contribution in [3.05, 3.63) is 52.0 Å². The van der Waals surface area contributed by atoms with Crippen molar-refractivity contribution in [2.75, 3.05) is 0 Å². The van der Waals surface area contributed by atoms with Crippen molar-refractivity contribution < 1.29 is 8.42 Å². The van der Waals surface area contributed by atoms with Crippen LogP contribution in [0.2, 0.25) is 0 Å². The van der Waals surface area contributed by atoms with Crippen LogP contribution in [0.5, 0.6) is 0 Å². The van der Waals surface area contributed by atoms with Gasteiger partial charge in [-0.25, -0.2) is 18.1 Å². The van der Waals surface area contributed by atoms with Gasteiger partial charge in [-0.3, -0.25) is 0 Å². The quantitative estimate of drug-likeness (QED) is 0.817. The average Bonchev–Trinajstić information content (AvgIpc) is 2.99. The number of nitrogens with two attached hydrogens (primary N) is 1. The fraction of sp³-hybridized carbons (Fsp3) is 0.357. The highest BCUT2D eigenvalue weighted by molar-refractivity contribution is 7.88. The van der Waals surface area contributed by atoms with E-state index in [9.17, 15) is 8.42 Å². The second-order valence-corrected chi connectivity index (χ2v) is 7.41. The molecule has 0 aliphatic carbocycles. The van der Waals surface area contributed by atoms with Gasteiger partial charge in [0.1, 0.15) is 5.01 Å². The van der Waals surface area contributed by atoms with Crippen molar-refractivity contribution in [1.82, 2.24) is 9.71 Å². The van der Waals surface area contributed by atoms with Crippen LogP contribution in [0.3, 0.4) is 0 Å². The van der Waals surface area contributed by atoms with E-state index in [2.05, 4.69) is 9.71 Å². The highest BCUT2D eigenvalue weighted by atomic mass is 32.2. The van der Waals surface area contributed by atoms with Crippen molar-refractivity contribution >= 4 is 21.4 Å². The van der Waals surface area contributed by atoms with E-state index >= 15 is 0 Å². The molecule has 7 heteroatoms. The Hall–Kier alpha value is -1.28. The molecule has 1 aromatic heterocycles. The Balaban J connectivity index is 2.06. The van der Waals surface area contributed by atoms with Gasteiger partial charge in [0.05, 0.1) is 11.8 Å². The molecule has 21 heavy (non-hydrogen) atoms. The van der Waals surface area contributed by atoms with Crippen LogP contribution in [0.4, 0.5) is 0 Å². The minimum absolute atomic E-state index is 0.0419. The molecule has 0 radical (unpaired) electrons. The number of nitrogens with one attached hydrogen (secondary N) is 1. The summed E-state index contributed by atoms with van der Waals surface area (Å²) in [7, 11) is -3.41. The highest BCUT2D eigenvalue weighted by Gasteiger charge is 2.20. The van der Waals surface area contributed by atoms with E-state index in [1.807, 2.05) is 24.4 Å². The number of sulfonamides is 1. The molecule has 0 saturated heterocycles. The van der Waals surface area contributed by atoms with Crippen LogP contribution in [0.1, 0.15) is 35.5 Å². The van der Waals surface area contributed by atoms with E-state index in [0.29, 0.717) is 13.0 Å². The van der Waals surface area contributed by atoms with Gasteiger partial charge < -0.3 is 5.73 Å². The van der Waals surface area contributed by atoms with Crippen LogP contribution in [0.15, 0.2) is 35.8 Å². The molecule has 0 aliphatic rings. The smallest absolute Gasteiger partial charge is 0.216 e. The summed E-state index contributed by atoms with van der Waals surface area (Å²) in [5.41, 5.74) is 7.26. The second-order valence-electron chi connectivity index (χ2n) is 4.73. The third kappa shape index (κ3) is 4.60. The first-order valence-corrected chi connectivity index (χ1v) is 9.24. The van der Waals surface area contributed by atoms with Crippen LogP contribution in [0.25, 0.3) is 0 Å². The van der Waals surface area contributed by atoms with Crippen LogP contribution < -0.4 is 10.5 Å².